The van der Waals surface area contributed by atoms with E-state index >= 15 is 0 Å². The predicted molar refractivity (Wildman–Crippen MR) is 73.3 cm³/mol. The van der Waals surface area contributed by atoms with Crippen molar-refractivity contribution in [2.75, 3.05) is 39.8 Å². The maximum Gasteiger partial charge on any atom is 0.182 e. The standard InChI is InChI=1S/C14H27NO5/c1-2-3-4-5-6-7-9-20-10-8-15(12-16,13-17)11-14(18)19/h2,16-17H,1,3-13H2. The Bertz CT molecular complexity index is 266. The molecule has 0 amide bonds. The van der Waals surface area contributed by atoms with Crippen LogP contribution in [-0.4, -0.2) is 60.4 Å². The van der Waals surface area contributed by atoms with Crippen LogP contribution in [0.4, 0.5) is 0 Å². The predicted octanol–water partition coefficient (Wildman–Crippen LogP) is -0.394. The Morgan fingerprint density at radius 3 is 2.35 bits per heavy atom. The Morgan fingerprint density at radius 2 is 1.80 bits per heavy atom. The van der Waals surface area contributed by atoms with E-state index in [2.05, 4.69) is 6.58 Å². The van der Waals surface area contributed by atoms with E-state index in [-0.39, 0.29) is 11.0 Å². The van der Waals surface area contributed by atoms with Crippen molar-refractivity contribution in [2.24, 2.45) is 0 Å². The normalized spacial score (nSPS) is 11.5. The number of quaternary nitrogens is 1. The number of unbranched alkanes of at least 4 members (excludes halogenated alkanes) is 4. The fraction of sp³-hybridized carbons (Fsp3) is 0.786. The second-order valence-corrected chi connectivity index (χ2v) is 4.98. The first-order valence-corrected chi connectivity index (χ1v) is 7.05. The first kappa shape index (κ1) is 19.1. The van der Waals surface area contributed by atoms with E-state index in [0.29, 0.717) is 13.2 Å². The number of rotatable bonds is 14. The third kappa shape index (κ3) is 9.03. The highest BCUT2D eigenvalue weighted by Crippen LogP contribution is 2.05. The molecule has 0 aromatic rings. The molecule has 0 aliphatic heterocycles. The van der Waals surface area contributed by atoms with Crippen molar-refractivity contribution in [1.82, 2.24) is 0 Å². The Hall–Kier alpha value is -0.950. The molecule has 0 aliphatic rings. The topological polar surface area (TPSA) is 89.8 Å². The van der Waals surface area contributed by atoms with Crippen LogP contribution in [0.1, 0.15) is 32.1 Å². The summed E-state index contributed by atoms with van der Waals surface area (Å²) >= 11 is 0. The van der Waals surface area contributed by atoms with Crippen molar-refractivity contribution in [1.29, 1.82) is 0 Å². The van der Waals surface area contributed by atoms with E-state index in [1.54, 1.807) is 0 Å². The number of carbonyl (C=O) groups is 1. The summed E-state index contributed by atoms with van der Waals surface area (Å²) in [6.07, 6.45) is 7.28. The molecule has 2 N–H and O–H groups in total. The minimum Gasteiger partial charge on any atom is -0.544 e. The lowest BCUT2D eigenvalue weighted by Crippen LogP contribution is -2.56. The summed E-state index contributed by atoms with van der Waals surface area (Å²) in [6, 6.07) is 0. The number of ether oxygens (including phenoxy) is 1. The maximum atomic E-state index is 10.6. The van der Waals surface area contributed by atoms with Crippen molar-refractivity contribution in [3.05, 3.63) is 12.7 Å². The first-order chi connectivity index (χ1) is 9.60. The molecule has 6 heteroatoms. The number of allylic oxidation sites excluding steroid dienone is 1. The van der Waals surface area contributed by atoms with Crippen LogP contribution in [0.15, 0.2) is 12.7 Å². The van der Waals surface area contributed by atoms with Gasteiger partial charge >= 0.3 is 0 Å². The zero-order chi connectivity index (χ0) is 15.3. The van der Waals surface area contributed by atoms with Gasteiger partial charge in [0.2, 0.25) is 0 Å². The summed E-state index contributed by atoms with van der Waals surface area (Å²) in [6.45, 7) is 3.51. The van der Waals surface area contributed by atoms with Crippen molar-refractivity contribution in [2.45, 2.75) is 32.1 Å². The van der Waals surface area contributed by atoms with Crippen LogP contribution in [-0.2, 0) is 9.53 Å². The molecule has 20 heavy (non-hydrogen) atoms. The van der Waals surface area contributed by atoms with E-state index in [9.17, 15) is 20.1 Å². The molecule has 0 atom stereocenters. The first-order valence-electron chi connectivity index (χ1n) is 7.05. The molecule has 6 nitrogen and oxygen atoms in total. The molecule has 0 saturated carbocycles. The lowest BCUT2D eigenvalue weighted by Gasteiger charge is -2.34. The summed E-state index contributed by atoms with van der Waals surface area (Å²) in [7, 11) is 0. The average Bonchev–Trinajstić information content (AvgIpc) is 2.44. The highest BCUT2D eigenvalue weighted by molar-refractivity contribution is 5.65. The van der Waals surface area contributed by atoms with E-state index in [1.807, 2.05) is 6.08 Å². The molecule has 0 bridgehead atoms. The lowest BCUT2D eigenvalue weighted by molar-refractivity contribution is -0.956. The van der Waals surface area contributed by atoms with Crippen LogP contribution in [0.3, 0.4) is 0 Å². The Labute approximate surface area is 120 Å². The fourth-order valence-corrected chi connectivity index (χ4v) is 1.85. The molecule has 0 aromatic heterocycles. The molecular weight excluding hydrogens is 262 g/mol. The van der Waals surface area contributed by atoms with Crippen molar-refractivity contribution in [3.63, 3.8) is 0 Å². The monoisotopic (exact) mass is 289 g/mol. The van der Waals surface area contributed by atoms with Gasteiger partial charge in [-0.1, -0.05) is 18.9 Å². The van der Waals surface area contributed by atoms with Crippen molar-refractivity contribution in [3.8, 4) is 0 Å². The van der Waals surface area contributed by atoms with Gasteiger partial charge in [-0.25, -0.2) is 0 Å². The van der Waals surface area contributed by atoms with Gasteiger partial charge in [0.25, 0.3) is 0 Å². The van der Waals surface area contributed by atoms with Gasteiger partial charge < -0.3 is 24.9 Å². The third-order valence-electron chi connectivity index (χ3n) is 3.22. The number of carboxylic acid groups (broad SMARTS) is 1. The van der Waals surface area contributed by atoms with Gasteiger partial charge in [-0.3, -0.25) is 4.48 Å². The zero-order valence-electron chi connectivity index (χ0n) is 12.1. The number of hydrogen-bond acceptors (Lipinski definition) is 5. The second kappa shape index (κ2) is 11.8. The van der Waals surface area contributed by atoms with Gasteiger partial charge in [0.15, 0.2) is 13.5 Å². The highest BCUT2D eigenvalue weighted by Gasteiger charge is 2.25. The summed E-state index contributed by atoms with van der Waals surface area (Å²) in [5.74, 6) is -1.30. The van der Waals surface area contributed by atoms with Gasteiger partial charge in [0.1, 0.15) is 13.1 Å². The van der Waals surface area contributed by atoms with Crippen LogP contribution >= 0.6 is 0 Å². The summed E-state index contributed by atoms with van der Waals surface area (Å²) in [5, 5.41) is 29.0. The van der Waals surface area contributed by atoms with Gasteiger partial charge in [0, 0.05) is 6.61 Å². The Kier molecular flexibility index (Phi) is 11.3. The summed E-state index contributed by atoms with van der Waals surface area (Å²) < 4.78 is 5.06. The number of carbonyl (C=O) groups excluding carboxylic acids is 1. The number of aliphatic hydroxyl groups is 2. The van der Waals surface area contributed by atoms with Gasteiger partial charge in [-0.05, 0) is 19.3 Å². The lowest BCUT2D eigenvalue weighted by atomic mass is 10.1. The molecular formula is C14H27NO5. The molecule has 0 unspecified atom stereocenters. The number of carboxylic acids is 1. The fourth-order valence-electron chi connectivity index (χ4n) is 1.85. The molecule has 0 saturated heterocycles. The molecule has 0 fully saturated rings. The van der Waals surface area contributed by atoms with Crippen LogP contribution in [0.25, 0.3) is 0 Å². The Balaban J connectivity index is 3.68. The van der Waals surface area contributed by atoms with Gasteiger partial charge in [-0.2, -0.15) is 0 Å². The van der Waals surface area contributed by atoms with Crippen LogP contribution in [0.2, 0.25) is 0 Å². The molecule has 0 rings (SSSR count). The Morgan fingerprint density at radius 1 is 1.15 bits per heavy atom. The zero-order valence-corrected chi connectivity index (χ0v) is 12.1. The molecule has 118 valence electrons. The molecule has 0 spiro atoms. The summed E-state index contributed by atoms with van der Waals surface area (Å²) in [5.41, 5.74) is 0. The minimum atomic E-state index is -1.30. The third-order valence-corrected chi connectivity index (χ3v) is 3.22. The maximum absolute atomic E-state index is 10.6. The quantitative estimate of drug-likeness (QED) is 0.197. The van der Waals surface area contributed by atoms with E-state index in [1.165, 1.54) is 0 Å². The number of aliphatic carboxylic acids is 1. The minimum absolute atomic E-state index is 0.247. The SMILES string of the molecule is C=CCCCCCCOCC[N+](CO)(CO)CC(=O)[O-]. The largest absolute Gasteiger partial charge is 0.544 e. The summed E-state index contributed by atoms with van der Waals surface area (Å²) in [4.78, 5) is 10.6. The average molecular weight is 289 g/mol. The molecule has 0 radical (unpaired) electrons. The highest BCUT2D eigenvalue weighted by atomic mass is 16.5. The number of aliphatic hydroxyl groups excluding tert-OH is 2. The molecule has 0 aromatic carbocycles. The van der Waals surface area contributed by atoms with Gasteiger partial charge in [-0.15, -0.1) is 6.58 Å². The van der Waals surface area contributed by atoms with Crippen molar-refractivity contribution < 1.29 is 29.3 Å². The van der Waals surface area contributed by atoms with E-state index < -0.39 is 26.0 Å². The smallest absolute Gasteiger partial charge is 0.182 e. The second-order valence-electron chi connectivity index (χ2n) is 4.98. The van der Waals surface area contributed by atoms with E-state index in [0.717, 1.165) is 32.1 Å². The number of hydrogen-bond donors (Lipinski definition) is 2. The van der Waals surface area contributed by atoms with Crippen LogP contribution in [0, 0.1) is 0 Å². The van der Waals surface area contributed by atoms with E-state index in [4.69, 9.17) is 4.74 Å². The van der Waals surface area contributed by atoms with Gasteiger partial charge in [0.05, 0.1) is 12.6 Å². The van der Waals surface area contributed by atoms with Crippen molar-refractivity contribution >= 4 is 5.97 Å². The molecule has 0 aliphatic carbocycles. The number of nitrogens with zero attached hydrogens (tertiary/aromatic N) is 1. The van der Waals surface area contributed by atoms with Crippen LogP contribution in [0.5, 0.6) is 0 Å². The van der Waals surface area contributed by atoms with Crippen LogP contribution < -0.4 is 5.11 Å². The molecule has 0 heterocycles.